The minimum atomic E-state index is -0.0102. The lowest BCUT2D eigenvalue weighted by Crippen LogP contribution is -2.56. The first kappa shape index (κ1) is 17.4. The second kappa shape index (κ2) is 6.60. The van der Waals surface area contributed by atoms with Crippen LogP contribution in [0.4, 0.5) is 10.5 Å². The Morgan fingerprint density at radius 1 is 1.12 bits per heavy atom. The van der Waals surface area contributed by atoms with Gasteiger partial charge in [0.15, 0.2) is 0 Å². The SMILES string of the molecule is Cc1cc(C)cc(NC(=O)N2CCCC3(CCC(=O)N(C4CC4)C3)C2)c1. The van der Waals surface area contributed by atoms with Crippen molar-refractivity contribution in [1.29, 1.82) is 0 Å². The Balaban J connectivity index is 1.44. The molecule has 5 heteroatoms. The first-order valence-corrected chi connectivity index (χ1v) is 9.88. The topological polar surface area (TPSA) is 52.7 Å². The van der Waals surface area contributed by atoms with Crippen LogP contribution in [0.25, 0.3) is 0 Å². The summed E-state index contributed by atoms with van der Waals surface area (Å²) in [5.41, 5.74) is 3.27. The number of likely N-dealkylation sites (tertiary alicyclic amines) is 2. The number of hydrogen-bond donors (Lipinski definition) is 1. The molecule has 140 valence electrons. The Morgan fingerprint density at radius 2 is 1.85 bits per heavy atom. The predicted octanol–water partition coefficient (Wildman–Crippen LogP) is 3.70. The molecular weight excluding hydrogens is 326 g/mol. The highest BCUT2D eigenvalue weighted by Gasteiger charge is 2.46. The fourth-order valence-corrected chi connectivity index (χ4v) is 4.73. The predicted molar refractivity (Wildman–Crippen MR) is 102 cm³/mol. The molecule has 26 heavy (non-hydrogen) atoms. The number of piperidine rings is 2. The third-order valence-electron chi connectivity index (χ3n) is 6.10. The number of rotatable bonds is 2. The second-order valence-electron chi connectivity index (χ2n) is 8.58. The van der Waals surface area contributed by atoms with E-state index in [2.05, 4.69) is 16.3 Å². The molecule has 2 aliphatic heterocycles. The average Bonchev–Trinajstić information content (AvgIpc) is 3.41. The molecule has 1 N–H and O–H groups in total. The maximum absolute atomic E-state index is 12.8. The maximum atomic E-state index is 12.8. The summed E-state index contributed by atoms with van der Waals surface area (Å²) in [7, 11) is 0. The molecule has 1 saturated carbocycles. The quantitative estimate of drug-likeness (QED) is 0.879. The van der Waals surface area contributed by atoms with Crippen molar-refractivity contribution in [3.05, 3.63) is 29.3 Å². The van der Waals surface area contributed by atoms with Gasteiger partial charge in [-0.15, -0.1) is 0 Å². The standard InChI is InChI=1S/C21H29N3O2/c1-15-10-16(2)12-17(11-15)22-20(26)23-9-3-7-21(13-23)8-6-19(25)24(14-21)18-4-5-18/h10-12,18H,3-9,13-14H2,1-2H3,(H,22,26). The molecule has 1 unspecified atom stereocenters. The van der Waals surface area contributed by atoms with Crippen LogP contribution in [0.5, 0.6) is 0 Å². The molecule has 4 rings (SSSR count). The molecular formula is C21H29N3O2. The fourth-order valence-electron chi connectivity index (χ4n) is 4.73. The third kappa shape index (κ3) is 3.57. The molecule has 1 aromatic rings. The van der Waals surface area contributed by atoms with E-state index in [1.54, 1.807) is 0 Å². The van der Waals surface area contributed by atoms with Crippen LogP contribution in [0.15, 0.2) is 18.2 Å². The fraction of sp³-hybridized carbons (Fsp3) is 0.619. The molecule has 1 spiro atoms. The van der Waals surface area contributed by atoms with E-state index in [1.807, 2.05) is 30.9 Å². The Hall–Kier alpha value is -2.04. The van der Waals surface area contributed by atoms with E-state index in [0.717, 1.165) is 68.6 Å². The van der Waals surface area contributed by atoms with Gasteiger partial charge < -0.3 is 15.1 Å². The minimum absolute atomic E-state index is 0.0102. The van der Waals surface area contributed by atoms with Crippen LogP contribution < -0.4 is 5.32 Å². The van der Waals surface area contributed by atoms with Crippen LogP contribution in [0, 0.1) is 19.3 Å². The summed E-state index contributed by atoms with van der Waals surface area (Å²) in [6.07, 6.45) is 6.01. The summed E-state index contributed by atoms with van der Waals surface area (Å²) in [6.45, 7) is 6.49. The molecule has 1 aliphatic carbocycles. The Labute approximate surface area is 155 Å². The highest BCUT2D eigenvalue weighted by atomic mass is 16.2. The lowest BCUT2D eigenvalue weighted by molar-refractivity contribution is -0.139. The van der Waals surface area contributed by atoms with Gasteiger partial charge in [-0.2, -0.15) is 0 Å². The largest absolute Gasteiger partial charge is 0.339 e. The van der Waals surface area contributed by atoms with Crippen molar-refractivity contribution in [3.63, 3.8) is 0 Å². The van der Waals surface area contributed by atoms with E-state index in [1.165, 1.54) is 0 Å². The molecule has 0 aromatic heterocycles. The summed E-state index contributed by atoms with van der Waals surface area (Å²) in [5, 5.41) is 3.08. The number of nitrogens with zero attached hydrogens (tertiary/aromatic N) is 2. The van der Waals surface area contributed by atoms with Crippen molar-refractivity contribution in [3.8, 4) is 0 Å². The van der Waals surface area contributed by atoms with E-state index in [4.69, 9.17) is 0 Å². The van der Waals surface area contributed by atoms with Gasteiger partial charge in [0.25, 0.3) is 0 Å². The van der Waals surface area contributed by atoms with Gasteiger partial charge in [0.1, 0.15) is 0 Å². The van der Waals surface area contributed by atoms with Gasteiger partial charge in [-0.25, -0.2) is 4.79 Å². The van der Waals surface area contributed by atoms with Crippen molar-refractivity contribution in [2.75, 3.05) is 25.0 Å². The van der Waals surface area contributed by atoms with Crippen LogP contribution >= 0.6 is 0 Å². The van der Waals surface area contributed by atoms with E-state index in [9.17, 15) is 9.59 Å². The van der Waals surface area contributed by atoms with Crippen LogP contribution in [0.1, 0.15) is 49.7 Å². The summed E-state index contributed by atoms with van der Waals surface area (Å²) in [4.78, 5) is 29.2. The normalized spacial score (nSPS) is 26.3. The lowest BCUT2D eigenvalue weighted by Gasteiger charge is -2.48. The van der Waals surface area contributed by atoms with E-state index < -0.39 is 0 Å². The van der Waals surface area contributed by atoms with Crippen molar-refractivity contribution in [1.82, 2.24) is 9.80 Å². The number of amides is 3. The number of carbonyl (C=O) groups is 2. The van der Waals surface area contributed by atoms with Gasteiger partial charge in [-0.1, -0.05) is 6.07 Å². The van der Waals surface area contributed by atoms with Crippen molar-refractivity contribution < 1.29 is 9.59 Å². The molecule has 3 aliphatic rings. The maximum Gasteiger partial charge on any atom is 0.321 e. The van der Waals surface area contributed by atoms with Crippen LogP contribution in [0.2, 0.25) is 0 Å². The zero-order valence-corrected chi connectivity index (χ0v) is 15.9. The van der Waals surface area contributed by atoms with E-state index >= 15 is 0 Å². The molecule has 3 fully saturated rings. The van der Waals surface area contributed by atoms with Gasteiger partial charge >= 0.3 is 6.03 Å². The summed E-state index contributed by atoms with van der Waals surface area (Å²) >= 11 is 0. The van der Waals surface area contributed by atoms with E-state index in [0.29, 0.717) is 18.4 Å². The highest BCUT2D eigenvalue weighted by molar-refractivity contribution is 5.89. The monoisotopic (exact) mass is 355 g/mol. The molecule has 5 nitrogen and oxygen atoms in total. The Morgan fingerprint density at radius 3 is 2.54 bits per heavy atom. The van der Waals surface area contributed by atoms with Gasteiger partial charge in [-0.3, -0.25) is 4.79 Å². The van der Waals surface area contributed by atoms with Gasteiger partial charge in [0.2, 0.25) is 5.91 Å². The summed E-state index contributed by atoms with van der Waals surface area (Å²) < 4.78 is 0. The third-order valence-corrected chi connectivity index (χ3v) is 6.10. The summed E-state index contributed by atoms with van der Waals surface area (Å²) in [6, 6.07) is 6.59. The second-order valence-corrected chi connectivity index (χ2v) is 8.58. The smallest absolute Gasteiger partial charge is 0.321 e. The zero-order valence-electron chi connectivity index (χ0n) is 15.9. The van der Waals surface area contributed by atoms with E-state index in [-0.39, 0.29) is 11.4 Å². The van der Waals surface area contributed by atoms with Crippen LogP contribution in [-0.2, 0) is 4.79 Å². The first-order valence-electron chi connectivity index (χ1n) is 9.88. The van der Waals surface area contributed by atoms with Gasteiger partial charge in [0.05, 0.1) is 0 Å². The molecule has 2 saturated heterocycles. The number of anilines is 1. The minimum Gasteiger partial charge on any atom is -0.339 e. The molecule has 2 heterocycles. The molecule has 3 amide bonds. The number of nitrogens with one attached hydrogen (secondary N) is 1. The molecule has 0 radical (unpaired) electrons. The number of hydrogen-bond acceptors (Lipinski definition) is 2. The first-order chi connectivity index (χ1) is 12.4. The van der Waals surface area contributed by atoms with Crippen molar-refractivity contribution >= 4 is 17.6 Å². The zero-order chi connectivity index (χ0) is 18.3. The number of carbonyl (C=O) groups excluding carboxylic acids is 2. The Bertz CT molecular complexity index is 708. The van der Waals surface area contributed by atoms with Crippen molar-refractivity contribution in [2.24, 2.45) is 5.41 Å². The van der Waals surface area contributed by atoms with Gasteiger partial charge in [0, 0.05) is 43.2 Å². The van der Waals surface area contributed by atoms with Crippen LogP contribution in [0.3, 0.4) is 0 Å². The average molecular weight is 355 g/mol. The number of aryl methyl sites for hydroxylation is 2. The van der Waals surface area contributed by atoms with Crippen molar-refractivity contribution in [2.45, 2.75) is 58.4 Å². The van der Waals surface area contributed by atoms with Crippen LogP contribution in [-0.4, -0.2) is 47.4 Å². The highest BCUT2D eigenvalue weighted by Crippen LogP contribution is 2.42. The lowest BCUT2D eigenvalue weighted by atomic mass is 9.73. The number of benzene rings is 1. The van der Waals surface area contributed by atoms with Gasteiger partial charge in [-0.05, 0) is 69.2 Å². The summed E-state index contributed by atoms with van der Waals surface area (Å²) in [5.74, 6) is 0.315. The molecule has 1 atom stereocenters. The number of urea groups is 1. The molecule has 0 bridgehead atoms. The Kier molecular flexibility index (Phi) is 4.41. The molecule has 1 aromatic carbocycles.